The van der Waals surface area contributed by atoms with E-state index in [1.54, 1.807) is 27.9 Å². The molecule has 36 heavy (non-hydrogen) atoms. The molecule has 2 aromatic carbocycles. The van der Waals surface area contributed by atoms with Gasteiger partial charge in [0.25, 0.3) is 0 Å². The van der Waals surface area contributed by atoms with Gasteiger partial charge in [0.15, 0.2) is 0 Å². The Morgan fingerprint density at radius 2 is 1.56 bits per heavy atom. The molecule has 0 aliphatic carbocycles. The van der Waals surface area contributed by atoms with Crippen molar-refractivity contribution in [3.8, 4) is 5.75 Å². The zero-order chi connectivity index (χ0) is 27.2. The summed E-state index contributed by atoms with van der Waals surface area (Å²) in [5.41, 5.74) is 2.03. The average molecular weight is 613 g/mol. The third kappa shape index (κ3) is 7.35. The molecule has 1 unspecified atom stereocenters. The van der Waals surface area contributed by atoms with Gasteiger partial charge in [-0.2, -0.15) is 0 Å². The van der Waals surface area contributed by atoms with E-state index >= 15 is 0 Å². The van der Waals surface area contributed by atoms with E-state index in [1.807, 2.05) is 19.9 Å². The zero-order valence-corrected chi connectivity index (χ0v) is 24.6. The molecule has 0 spiro atoms. The Morgan fingerprint density at radius 3 is 2.06 bits per heavy atom. The van der Waals surface area contributed by atoms with Gasteiger partial charge in [-0.25, -0.2) is 0 Å². The summed E-state index contributed by atoms with van der Waals surface area (Å²) in [7, 11) is 3.93. The Balaban J connectivity index is 2.64. The number of benzene rings is 2. The molecule has 0 aliphatic heterocycles. The van der Waals surface area contributed by atoms with Crippen LogP contribution in [0.4, 0.5) is 9.59 Å². The summed E-state index contributed by atoms with van der Waals surface area (Å²) in [6.07, 6.45) is -1.98. The Hall–Kier alpha value is -2.82. The van der Waals surface area contributed by atoms with E-state index in [9.17, 15) is 14.4 Å². The van der Waals surface area contributed by atoms with E-state index in [4.69, 9.17) is 18.9 Å². The number of amides is 2. The minimum atomic E-state index is -1.93. The Bertz CT molecular complexity index is 1090. The number of carbonyl (C=O) groups excluding carboxylic acids is 3. The number of imide groups is 1. The number of rotatable bonds is 7. The molecule has 2 aromatic rings. The molecule has 8 nitrogen and oxygen atoms in total. The molecule has 0 fully saturated rings. The number of alkyl halides is 1. The molecule has 0 bridgehead atoms. The summed E-state index contributed by atoms with van der Waals surface area (Å²) in [5, 5.41) is 0. The van der Waals surface area contributed by atoms with Gasteiger partial charge in [-0.3, -0.25) is 0 Å². The van der Waals surface area contributed by atoms with Gasteiger partial charge in [0.05, 0.1) is 0 Å². The predicted octanol–water partition coefficient (Wildman–Crippen LogP) is 5.58. The molecule has 0 aromatic heterocycles. The van der Waals surface area contributed by atoms with Crippen molar-refractivity contribution in [2.45, 2.75) is 52.7 Å². The third-order valence-corrected chi connectivity index (χ3v) is 10.7. The summed E-state index contributed by atoms with van der Waals surface area (Å²) in [6, 6.07) is 11.1. The van der Waals surface area contributed by atoms with Crippen molar-refractivity contribution in [1.82, 2.24) is 4.90 Å². The van der Waals surface area contributed by atoms with E-state index in [1.165, 1.54) is 16.2 Å². The van der Waals surface area contributed by atoms with Crippen LogP contribution < -0.4 is 4.74 Å². The second-order valence-electron chi connectivity index (χ2n) is 9.24. The van der Waals surface area contributed by atoms with Gasteiger partial charge in [0, 0.05) is 0 Å². The second kappa shape index (κ2) is 12.4. The molecule has 0 saturated heterocycles. The van der Waals surface area contributed by atoms with Crippen LogP contribution in [-0.2, 0) is 25.4 Å². The van der Waals surface area contributed by atoms with E-state index < -0.39 is 49.6 Å². The van der Waals surface area contributed by atoms with Crippen molar-refractivity contribution in [3.05, 3.63) is 60.2 Å². The van der Waals surface area contributed by atoms with Crippen LogP contribution in [0.2, 0.25) is 0 Å². The van der Waals surface area contributed by atoms with Crippen molar-refractivity contribution in [2.24, 2.45) is 0 Å². The second-order valence-corrected chi connectivity index (χ2v) is 14.3. The minimum absolute atomic E-state index is 0.0146. The number of ether oxygens (including phenoxy) is 4. The quantitative estimate of drug-likeness (QED) is 0.175. The topological polar surface area (TPSA) is 91.4 Å². The molecule has 2 amide bonds. The van der Waals surface area contributed by atoms with Gasteiger partial charge in [-0.15, -0.1) is 0 Å². The number of aryl methyl sites for hydroxylation is 2. The zero-order valence-electron chi connectivity index (χ0n) is 22.4. The first-order valence-corrected chi connectivity index (χ1v) is 15.7. The van der Waals surface area contributed by atoms with Crippen LogP contribution in [-0.4, -0.2) is 61.0 Å². The maximum absolute atomic E-state index is 13.0. The van der Waals surface area contributed by atoms with E-state index in [2.05, 4.69) is 35.3 Å². The summed E-state index contributed by atoms with van der Waals surface area (Å²) < 4.78 is 23.2. The van der Waals surface area contributed by atoms with Gasteiger partial charge < -0.3 is 0 Å². The Kier molecular flexibility index (Phi) is 10.2. The van der Waals surface area contributed by atoms with Gasteiger partial charge in [0.2, 0.25) is 0 Å². The third-order valence-electron chi connectivity index (χ3n) is 5.37. The van der Waals surface area contributed by atoms with Crippen LogP contribution in [0.3, 0.4) is 0 Å². The summed E-state index contributed by atoms with van der Waals surface area (Å²) >= 11 is -1.93. The number of halogens is 1. The fraction of sp³-hybridized carbons (Fsp3) is 0.444. The van der Waals surface area contributed by atoms with Crippen LogP contribution in [0.5, 0.6) is 5.75 Å². The predicted molar refractivity (Wildman–Crippen MR) is 146 cm³/mol. The molecular weight excluding hydrogens is 577 g/mol. The number of hydrogen-bond acceptors (Lipinski definition) is 7. The van der Waals surface area contributed by atoms with Crippen molar-refractivity contribution in [2.75, 3.05) is 26.3 Å². The summed E-state index contributed by atoms with van der Waals surface area (Å²) in [6.45, 7) is 9.02. The molecule has 9 heteroatoms. The Labute approximate surface area is 220 Å². The molecule has 1 atom stereocenters. The fourth-order valence-corrected chi connectivity index (χ4v) is 8.00. The first-order chi connectivity index (χ1) is 16.8. The molecule has 198 valence electrons. The standard InChI is InChI=1S/C27H36INO7/c1-17-10-12-20(13-11-17)28(6)21-14-18(2)23(33-7)16-19(21)15-22(24(30)34-8)29(25(31)35-9)26(32)36-27(3,4)5/h10-14,16,22H,15H2,1-9H3. The van der Waals surface area contributed by atoms with Gasteiger partial charge in [-0.1, -0.05) is 0 Å². The first kappa shape index (κ1) is 29.4. The Morgan fingerprint density at radius 1 is 0.944 bits per heavy atom. The maximum atomic E-state index is 13.0. The molecule has 0 heterocycles. The SMILES string of the molecule is COC(=O)C(Cc1cc(OC)c(C)cc1I(C)c1ccc(C)cc1)N(C(=O)OC)C(=O)OC(C)(C)C. The van der Waals surface area contributed by atoms with Crippen LogP contribution in [0, 0.1) is 21.0 Å². The number of esters is 1. The summed E-state index contributed by atoms with van der Waals surface area (Å²) in [4.78, 5) is 41.6. The normalized spacial score (nSPS) is 12.3. The van der Waals surface area contributed by atoms with Gasteiger partial charge in [0.1, 0.15) is 0 Å². The number of nitrogens with zero attached hydrogens (tertiary/aromatic N) is 1. The van der Waals surface area contributed by atoms with Crippen LogP contribution >= 0.6 is 19.8 Å². The van der Waals surface area contributed by atoms with E-state index in [0.29, 0.717) is 10.6 Å². The van der Waals surface area contributed by atoms with Crippen molar-refractivity contribution < 1.29 is 33.3 Å². The number of hydrogen-bond donors (Lipinski definition) is 0. The molecular formula is C27H36INO7. The van der Waals surface area contributed by atoms with Gasteiger partial charge in [-0.05, 0) is 0 Å². The number of carbonyl (C=O) groups is 3. The van der Waals surface area contributed by atoms with E-state index in [0.717, 1.165) is 21.8 Å². The van der Waals surface area contributed by atoms with Crippen molar-refractivity contribution in [3.63, 3.8) is 0 Å². The number of methoxy groups -OCH3 is 3. The van der Waals surface area contributed by atoms with Crippen LogP contribution in [0.15, 0.2) is 36.4 Å². The van der Waals surface area contributed by atoms with Crippen molar-refractivity contribution in [1.29, 1.82) is 0 Å². The fourth-order valence-electron chi connectivity index (χ4n) is 3.54. The average Bonchev–Trinajstić information content (AvgIpc) is 2.82. The molecule has 0 saturated carbocycles. The molecule has 0 N–H and O–H groups in total. The summed E-state index contributed by atoms with van der Waals surface area (Å²) in [5.74, 6) is -0.115. The first-order valence-electron chi connectivity index (χ1n) is 11.3. The molecule has 2 rings (SSSR count). The van der Waals surface area contributed by atoms with Crippen LogP contribution in [0.1, 0.15) is 37.5 Å². The molecule has 0 aliphatic rings. The monoisotopic (exact) mass is 613 g/mol. The van der Waals surface area contributed by atoms with E-state index in [-0.39, 0.29) is 6.42 Å². The van der Waals surface area contributed by atoms with Crippen molar-refractivity contribution >= 4 is 38.0 Å². The van der Waals surface area contributed by atoms with Gasteiger partial charge >= 0.3 is 221 Å². The molecule has 0 radical (unpaired) electrons. The van der Waals surface area contributed by atoms with Crippen LogP contribution in [0.25, 0.3) is 0 Å².